The molecule has 0 radical (unpaired) electrons. The SMILES string of the molecule is O=C(NCC1=N[C@@H](c2ccccc2)c2ccccc2-n2cccc21)C1CC1. The summed E-state index contributed by atoms with van der Waals surface area (Å²) in [6.45, 7) is 0.455. The van der Waals surface area contributed by atoms with E-state index in [1.807, 2.05) is 24.3 Å². The van der Waals surface area contributed by atoms with Crippen molar-refractivity contribution >= 4 is 11.6 Å². The lowest BCUT2D eigenvalue weighted by atomic mass is 9.98. The van der Waals surface area contributed by atoms with E-state index >= 15 is 0 Å². The van der Waals surface area contributed by atoms with E-state index in [0.717, 1.165) is 35.5 Å². The summed E-state index contributed by atoms with van der Waals surface area (Å²) < 4.78 is 2.18. The minimum Gasteiger partial charge on any atom is -0.350 e. The molecule has 0 saturated heterocycles. The fourth-order valence-electron chi connectivity index (χ4n) is 3.74. The highest BCUT2D eigenvalue weighted by molar-refractivity contribution is 6.03. The summed E-state index contributed by atoms with van der Waals surface area (Å²) in [4.78, 5) is 17.3. The zero-order valence-corrected chi connectivity index (χ0v) is 15.0. The van der Waals surface area contributed by atoms with Gasteiger partial charge in [-0.3, -0.25) is 9.79 Å². The fraction of sp³-hybridized carbons (Fsp3) is 0.217. The van der Waals surface area contributed by atoms with Gasteiger partial charge in [-0.25, -0.2) is 0 Å². The van der Waals surface area contributed by atoms with Crippen molar-refractivity contribution in [1.82, 2.24) is 9.88 Å². The molecule has 3 aromatic rings. The second-order valence-corrected chi connectivity index (χ2v) is 7.20. The highest BCUT2D eigenvalue weighted by atomic mass is 16.2. The van der Waals surface area contributed by atoms with Gasteiger partial charge in [-0.1, -0.05) is 48.5 Å². The lowest BCUT2D eigenvalue weighted by Crippen LogP contribution is -2.31. The van der Waals surface area contributed by atoms with Gasteiger partial charge in [0, 0.05) is 17.7 Å². The Balaban J connectivity index is 1.61. The molecule has 1 aromatic heterocycles. The highest BCUT2D eigenvalue weighted by Gasteiger charge is 2.30. The minimum absolute atomic E-state index is 0.0878. The Morgan fingerprint density at radius 3 is 2.59 bits per heavy atom. The van der Waals surface area contributed by atoms with Gasteiger partial charge in [-0.2, -0.15) is 0 Å². The van der Waals surface area contributed by atoms with Crippen molar-refractivity contribution in [2.24, 2.45) is 10.9 Å². The number of nitrogens with zero attached hydrogens (tertiary/aromatic N) is 2. The lowest BCUT2D eigenvalue weighted by Gasteiger charge is -2.16. The van der Waals surface area contributed by atoms with E-state index in [2.05, 4.69) is 58.5 Å². The number of nitrogens with one attached hydrogen (secondary N) is 1. The van der Waals surface area contributed by atoms with Crippen molar-refractivity contribution in [2.75, 3.05) is 6.54 Å². The number of aromatic nitrogens is 1. The summed E-state index contributed by atoms with van der Waals surface area (Å²) in [6, 6.07) is 22.8. The molecule has 1 amide bonds. The van der Waals surface area contributed by atoms with Gasteiger partial charge in [0.25, 0.3) is 0 Å². The van der Waals surface area contributed by atoms with Gasteiger partial charge in [0.05, 0.1) is 23.6 Å². The van der Waals surface area contributed by atoms with Crippen LogP contribution in [0.3, 0.4) is 0 Å². The van der Waals surface area contributed by atoms with Gasteiger partial charge in [0.2, 0.25) is 5.91 Å². The Labute approximate surface area is 158 Å². The first kappa shape index (κ1) is 16.1. The van der Waals surface area contributed by atoms with Gasteiger partial charge in [0.1, 0.15) is 6.04 Å². The van der Waals surface area contributed by atoms with Crippen LogP contribution in [0, 0.1) is 5.92 Å². The third-order valence-corrected chi connectivity index (χ3v) is 5.31. The molecule has 2 heterocycles. The quantitative estimate of drug-likeness (QED) is 0.758. The number of fused-ring (bicyclic) bond motifs is 3. The van der Waals surface area contributed by atoms with Crippen LogP contribution < -0.4 is 5.32 Å². The molecule has 1 aliphatic heterocycles. The van der Waals surface area contributed by atoms with E-state index in [-0.39, 0.29) is 17.9 Å². The molecule has 1 N–H and O–H groups in total. The van der Waals surface area contributed by atoms with Crippen molar-refractivity contribution in [3.63, 3.8) is 0 Å². The predicted octanol–water partition coefficient (Wildman–Crippen LogP) is 3.90. The summed E-state index contributed by atoms with van der Waals surface area (Å²) in [5.74, 6) is 0.346. The third-order valence-electron chi connectivity index (χ3n) is 5.31. The second kappa shape index (κ2) is 6.54. The molecule has 4 heteroatoms. The van der Waals surface area contributed by atoms with Crippen LogP contribution in [0.4, 0.5) is 0 Å². The number of benzene rings is 2. The fourth-order valence-corrected chi connectivity index (χ4v) is 3.74. The van der Waals surface area contributed by atoms with E-state index in [1.165, 1.54) is 5.56 Å². The van der Waals surface area contributed by atoms with Crippen LogP contribution in [0.15, 0.2) is 77.9 Å². The molecule has 1 fully saturated rings. The van der Waals surface area contributed by atoms with Crippen LogP contribution >= 0.6 is 0 Å². The monoisotopic (exact) mass is 355 g/mol. The molecule has 5 rings (SSSR count). The summed E-state index contributed by atoms with van der Waals surface area (Å²) >= 11 is 0. The molecule has 0 spiro atoms. The normalized spacial score (nSPS) is 18.1. The van der Waals surface area contributed by atoms with Gasteiger partial charge in [-0.05, 0) is 36.6 Å². The largest absolute Gasteiger partial charge is 0.350 e. The number of hydrogen-bond donors (Lipinski definition) is 1. The van der Waals surface area contributed by atoms with E-state index in [9.17, 15) is 4.79 Å². The van der Waals surface area contributed by atoms with Crippen molar-refractivity contribution in [1.29, 1.82) is 0 Å². The molecule has 2 aliphatic rings. The molecule has 1 atom stereocenters. The van der Waals surface area contributed by atoms with Crippen LogP contribution in [0.1, 0.15) is 35.7 Å². The Hall–Kier alpha value is -3.14. The smallest absolute Gasteiger partial charge is 0.223 e. The molecule has 0 bridgehead atoms. The number of amides is 1. The van der Waals surface area contributed by atoms with Gasteiger partial charge in [0.15, 0.2) is 0 Å². The van der Waals surface area contributed by atoms with Crippen molar-refractivity contribution in [2.45, 2.75) is 18.9 Å². The number of carbonyl (C=O) groups excluding carboxylic acids is 1. The molecule has 1 saturated carbocycles. The minimum atomic E-state index is -0.0878. The summed E-state index contributed by atoms with van der Waals surface area (Å²) in [6.07, 6.45) is 4.08. The molecule has 0 unspecified atom stereocenters. The average Bonchev–Trinajstić information content (AvgIpc) is 3.48. The van der Waals surface area contributed by atoms with E-state index in [4.69, 9.17) is 4.99 Å². The molecule has 27 heavy (non-hydrogen) atoms. The zero-order chi connectivity index (χ0) is 18.2. The number of rotatable bonds is 4. The van der Waals surface area contributed by atoms with Crippen LogP contribution in [0.2, 0.25) is 0 Å². The lowest BCUT2D eigenvalue weighted by molar-refractivity contribution is -0.121. The van der Waals surface area contributed by atoms with Gasteiger partial charge in [-0.15, -0.1) is 0 Å². The third kappa shape index (κ3) is 2.97. The predicted molar refractivity (Wildman–Crippen MR) is 106 cm³/mol. The molecular weight excluding hydrogens is 334 g/mol. The Morgan fingerprint density at radius 2 is 1.78 bits per heavy atom. The second-order valence-electron chi connectivity index (χ2n) is 7.20. The summed E-state index contributed by atoms with van der Waals surface area (Å²) in [7, 11) is 0. The van der Waals surface area contributed by atoms with Crippen LogP contribution in [0.5, 0.6) is 0 Å². The van der Waals surface area contributed by atoms with Crippen molar-refractivity contribution < 1.29 is 4.79 Å². The molecular formula is C23H21N3O. The van der Waals surface area contributed by atoms with Crippen molar-refractivity contribution in [3.8, 4) is 5.69 Å². The maximum Gasteiger partial charge on any atom is 0.223 e. The zero-order valence-electron chi connectivity index (χ0n) is 15.0. The average molecular weight is 355 g/mol. The van der Waals surface area contributed by atoms with Gasteiger partial charge >= 0.3 is 0 Å². The Morgan fingerprint density at radius 1 is 1.00 bits per heavy atom. The maximum atomic E-state index is 12.2. The summed E-state index contributed by atoms with van der Waals surface area (Å²) in [5.41, 5.74) is 5.42. The summed E-state index contributed by atoms with van der Waals surface area (Å²) in [5, 5.41) is 3.09. The van der Waals surface area contributed by atoms with E-state index < -0.39 is 0 Å². The first-order chi connectivity index (χ1) is 13.3. The Kier molecular flexibility index (Phi) is 3.89. The topological polar surface area (TPSA) is 46.4 Å². The molecule has 1 aliphatic carbocycles. The highest BCUT2D eigenvalue weighted by Crippen LogP contribution is 2.34. The molecule has 2 aromatic carbocycles. The van der Waals surface area contributed by atoms with Crippen LogP contribution in [-0.2, 0) is 4.79 Å². The maximum absolute atomic E-state index is 12.2. The standard InChI is InChI=1S/C23H21N3O/c27-23(17-12-13-17)24-15-19-21-11-6-14-26(21)20-10-5-4-9-18(20)22(25-19)16-7-2-1-3-8-16/h1-11,14,17,22H,12-13,15H2,(H,24,27)/t22-/m0/s1. The Bertz CT molecular complexity index is 1010. The number of hydrogen-bond acceptors (Lipinski definition) is 2. The van der Waals surface area contributed by atoms with E-state index in [1.54, 1.807) is 0 Å². The first-order valence-electron chi connectivity index (χ1n) is 9.47. The molecule has 134 valence electrons. The van der Waals surface area contributed by atoms with Crippen LogP contribution in [0.25, 0.3) is 5.69 Å². The number of aliphatic imine (C=N–C) groups is 1. The first-order valence-corrected chi connectivity index (χ1v) is 9.47. The molecule has 4 nitrogen and oxygen atoms in total. The van der Waals surface area contributed by atoms with E-state index in [0.29, 0.717) is 6.54 Å². The number of carbonyl (C=O) groups is 1. The number of para-hydroxylation sites is 1. The van der Waals surface area contributed by atoms with Gasteiger partial charge < -0.3 is 9.88 Å². The van der Waals surface area contributed by atoms with Crippen LogP contribution in [-0.4, -0.2) is 22.7 Å². The van der Waals surface area contributed by atoms with Crippen molar-refractivity contribution in [3.05, 3.63) is 89.7 Å².